The second kappa shape index (κ2) is 12.9. The van der Waals surface area contributed by atoms with Gasteiger partial charge in [-0.2, -0.15) is 0 Å². The molecule has 1 aliphatic rings. The lowest BCUT2D eigenvalue weighted by Crippen LogP contribution is -2.41. The van der Waals surface area contributed by atoms with Gasteiger partial charge in [-0.05, 0) is 42.9 Å². The maximum Gasteiger partial charge on any atom is 0.243 e. The molecule has 0 saturated heterocycles. The summed E-state index contributed by atoms with van der Waals surface area (Å²) in [5.74, 6) is 1.07. The van der Waals surface area contributed by atoms with Crippen LogP contribution in [0.5, 0.6) is 0 Å². The van der Waals surface area contributed by atoms with Crippen LogP contribution in [0.15, 0.2) is 29.3 Å². The Labute approximate surface area is 179 Å². The normalized spacial score (nSPS) is 15.0. The fourth-order valence-corrected chi connectivity index (χ4v) is 3.11. The van der Waals surface area contributed by atoms with Crippen LogP contribution in [0, 0.1) is 11.7 Å². The van der Waals surface area contributed by atoms with Gasteiger partial charge in [0.15, 0.2) is 5.96 Å². The molecule has 5 nitrogen and oxygen atoms in total. The summed E-state index contributed by atoms with van der Waals surface area (Å²) in [4.78, 5) is 17.8. The van der Waals surface area contributed by atoms with E-state index in [0.29, 0.717) is 24.8 Å². The topological polar surface area (TPSA) is 56.7 Å². The zero-order chi connectivity index (χ0) is 18.8. The molecule has 0 aliphatic heterocycles. The van der Waals surface area contributed by atoms with Crippen molar-refractivity contribution in [3.8, 4) is 0 Å². The van der Waals surface area contributed by atoms with Crippen LogP contribution in [0.4, 0.5) is 4.39 Å². The molecule has 1 aliphatic carbocycles. The van der Waals surface area contributed by atoms with Crippen molar-refractivity contribution in [2.75, 3.05) is 33.7 Å². The van der Waals surface area contributed by atoms with Crippen molar-refractivity contribution < 1.29 is 9.18 Å². The summed E-state index contributed by atoms with van der Waals surface area (Å²) in [7, 11) is 3.45. The number of hydrogen-bond donors (Lipinski definition) is 2. The van der Waals surface area contributed by atoms with Crippen LogP contribution in [0.3, 0.4) is 0 Å². The number of likely N-dealkylation sites (N-methyl/N-ethyl adjacent to an activating group) is 1. The van der Waals surface area contributed by atoms with Crippen LogP contribution in [0.25, 0.3) is 0 Å². The number of amides is 1. The summed E-state index contributed by atoms with van der Waals surface area (Å²) in [5, 5.41) is 6.64. The van der Waals surface area contributed by atoms with Gasteiger partial charge in [0, 0.05) is 27.2 Å². The Morgan fingerprint density at radius 1 is 1.22 bits per heavy atom. The average molecular weight is 490 g/mol. The second-order valence-electron chi connectivity index (χ2n) is 7.14. The van der Waals surface area contributed by atoms with E-state index < -0.39 is 0 Å². The third kappa shape index (κ3) is 9.39. The first-order chi connectivity index (χ1) is 12.5. The van der Waals surface area contributed by atoms with Crippen molar-refractivity contribution in [1.82, 2.24) is 15.5 Å². The molecule has 1 aromatic rings. The number of guanidine groups is 1. The van der Waals surface area contributed by atoms with Gasteiger partial charge in [0.1, 0.15) is 12.4 Å². The lowest BCUT2D eigenvalue weighted by atomic mass is 9.89. The van der Waals surface area contributed by atoms with Gasteiger partial charge in [-0.1, -0.05) is 31.4 Å². The molecule has 0 unspecified atom stereocenters. The first-order valence-electron chi connectivity index (χ1n) is 9.51. The minimum absolute atomic E-state index is 0. The number of aliphatic imine (C=N–C) groups is 1. The molecular formula is C20H32FIN4O. The van der Waals surface area contributed by atoms with E-state index in [0.717, 1.165) is 12.1 Å². The zero-order valence-corrected chi connectivity index (χ0v) is 18.7. The van der Waals surface area contributed by atoms with Crippen LogP contribution >= 0.6 is 24.0 Å². The summed E-state index contributed by atoms with van der Waals surface area (Å²) in [5.41, 5.74) is 0.938. The predicted octanol–water partition coefficient (Wildman–Crippen LogP) is 3.19. The molecule has 2 N–H and O–H groups in total. The maximum atomic E-state index is 13.3. The van der Waals surface area contributed by atoms with E-state index in [1.165, 1.54) is 43.1 Å². The Morgan fingerprint density at radius 2 is 1.96 bits per heavy atom. The number of nitrogens with zero attached hydrogens (tertiary/aromatic N) is 2. The molecule has 0 bridgehead atoms. The number of carbonyl (C=O) groups is 1. The predicted molar refractivity (Wildman–Crippen MR) is 119 cm³/mol. The van der Waals surface area contributed by atoms with Gasteiger partial charge in [-0.25, -0.2) is 9.38 Å². The molecule has 0 heterocycles. The molecule has 1 aromatic carbocycles. The van der Waals surface area contributed by atoms with Gasteiger partial charge < -0.3 is 15.5 Å². The van der Waals surface area contributed by atoms with Crippen molar-refractivity contribution in [1.29, 1.82) is 0 Å². The average Bonchev–Trinajstić information content (AvgIpc) is 2.64. The monoisotopic (exact) mass is 490 g/mol. The van der Waals surface area contributed by atoms with Crippen molar-refractivity contribution in [2.24, 2.45) is 10.9 Å². The van der Waals surface area contributed by atoms with Gasteiger partial charge in [0.25, 0.3) is 0 Å². The quantitative estimate of drug-likeness (QED) is 0.351. The van der Waals surface area contributed by atoms with E-state index in [9.17, 15) is 9.18 Å². The lowest BCUT2D eigenvalue weighted by molar-refractivity contribution is -0.127. The highest BCUT2D eigenvalue weighted by atomic mass is 127. The molecule has 0 spiro atoms. The first kappa shape index (κ1) is 23.7. The Hall–Kier alpha value is -1.38. The van der Waals surface area contributed by atoms with E-state index in [1.807, 2.05) is 6.07 Å². The van der Waals surface area contributed by atoms with E-state index >= 15 is 0 Å². The SMILES string of the molecule is CN(C)C(=O)CN=C(NCCc1cccc(F)c1)NCC1CCCCC1.I. The zero-order valence-electron chi connectivity index (χ0n) is 16.3. The van der Waals surface area contributed by atoms with Crippen LogP contribution in [-0.4, -0.2) is 50.5 Å². The standard InChI is InChI=1S/C20H31FN4O.HI/c1-25(2)19(26)15-24-20(23-14-17-7-4-3-5-8-17)22-12-11-16-9-6-10-18(21)13-16;/h6,9-10,13,17H,3-5,7-8,11-12,14-15H2,1-2H3,(H2,22,23,24);1H. The molecule has 2 rings (SSSR count). The van der Waals surface area contributed by atoms with Crippen LogP contribution < -0.4 is 10.6 Å². The molecule has 0 atom stereocenters. The number of hydrogen-bond acceptors (Lipinski definition) is 2. The first-order valence-corrected chi connectivity index (χ1v) is 9.51. The third-order valence-corrected chi connectivity index (χ3v) is 4.75. The molecule has 7 heteroatoms. The van der Waals surface area contributed by atoms with Gasteiger partial charge in [-0.15, -0.1) is 24.0 Å². The number of benzene rings is 1. The highest BCUT2D eigenvalue weighted by Crippen LogP contribution is 2.22. The molecule has 152 valence electrons. The number of rotatable bonds is 7. The minimum atomic E-state index is -0.219. The highest BCUT2D eigenvalue weighted by Gasteiger charge is 2.14. The lowest BCUT2D eigenvalue weighted by Gasteiger charge is -2.23. The Balaban J connectivity index is 0.00000364. The molecule has 1 saturated carbocycles. The van der Waals surface area contributed by atoms with Crippen LogP contribution in [0.1, 0.15) is 37.7 Å². The summed E-state index contributed by atoms with van der Waals surface area (Å²) in [6.45, 7) is 1.63. The summed E-state index contributed by atoms with van der Waals surface area (Å²) in [6, 6.07) is 6.62. The highest BCUT2D eigenvalue weighted by molar-refractivity contribution is 14.0. The van der Waals surface area contributed by atoms with E-state index in [4.69, 9.17) is 0 Å². The maximum absolute atomic E-state index is 13.3. The van der Waals surface area contributed by atoms with Crippen molar-refractivity contribution in [3.63, 3.8) is 0 Å². The van der Waals surface area contributed by atoms with Crippen LogP contribution in [0.2, 0.25) is 0 Å². The third-order valence-electron chi connectivity index (χ3n) is 4.75. The number of carbonyl (C=O) groups excluding carboxylic acids is 1. The molecule has 27 heavy (non-hydrogen) atoms. The Morgan fingerprint density at radius 3 is 2.63 bits per heavy atom. The van der Waals surface area contributed by atoms with Crippen molar-refractivity contribution in [3.05, 3.63) is 35.6 Å². The largest absolute Gasteiger partial charge is 0.356 e. The molecule has 1 fully saturated rings. The minimum Gasteiger partial charge on any atom is -0.356 e. The van der Waals surface area contributed by atoms with Gasteiger partial charge in [-0.3, -0.25) is 4.79 Å². The van der Waals surface area contributed by atoms with E-state index in [1.54, 1.807) is 26.2 Å². The fourth-order valence-electron chi connectivity index (χ4n) is 3.11. The van der Waals surface area contributed by atoms with E-state index in [-0.39, 0.29) is 42.2 Å². The van der Waals surface area contributed by atoms with Crippen molar-refractivity contribution >= 4 is 35.8 Å². The fraction of sp³-hybridized carbons (Fsp3) is 0.600. The van der Waals surface area contributed by atoms with Gasteiger partial charge in [0.05, 0.1) is 0 Å². The molecule has 0 aromatic heterocycles. The van der Waals surface area contributed by atoms with Gasteiger partial charge in [0.2, 0.25) is 5.91 Å². The van der Waals surface area contributed by atoms with Crippen LogP contribution in [-0.2, 0) is 11.2 Å². The number of halogens is 2. The van der Waals surface area contributed by atoms with E-state index in [2.05, 4.69) is 15.6 Å². The Bertz CT molecular complexity index is 603. The summed E-state index contributed by atoms with van der Waals surface area (Å²) in [6.07, 6.45) is 7.13. The Kier molecular flexibility index (Phi) is 11.3. The smallest absolute Gasteiger partial charge is 0.243 e. The number of nitrogens with one attached hydrogen (secondary N) is 2. The molecule has 1 amide bonds. The molecular weight excluding hydrogens is 458 g/mol. The van der Waals surface area contributed by atoms with Crippen molar-refractivity contribution in [2.45, 2.75) is 38.5 Å². The second-order valence-corrected chi connectivity index (χ2v) is 7.14. The van der Waals surface area contributed by atoms with Gasteiger partial charge >= 0.3 is 0 Å². The summed E-state index contributed by atoms with van der Waals surface area (Å²) >= 11 is 0. The summed E-state index contributed by atoms with van der Waals surface area (Å²) < 4.78 is 13.3. The molecule has 0 radical (unpaired) electrons.